The molecule has 0 aromatic carbocycles. The number of carbonyl (C=O) groups excluding carboxylic acids is 1. The number of nitrogens with one attached hydrogen (secondary N) is 1. The van der Waals surface area contributed by atoms with Crippen LogP contribution in [0.25, 0.3) is 0 Å². The number of halogens is 2. The molecule has 0 saturated heterocycles. The summed E-state index contributed by atoms with van der Waals surface area (Å²) < 4.78 is 12.9. The summed E-state index contributed by atoms with van der Waals surface area (Å²) in [6.07, 6.45) is 1.85. The molecule has 1 heterocycles. The summed E-state index contributed by atoms with van der Waals surface area (Å²) in [5.74, 6) is -0.461. The fraction of sp³-hybridized carbons (Fsp3) is 0.455. The van der Waals surface area contributed by atoms with Crippen molar-refractivity contribution in [2.75, 3.05) is 6.54 Å². The van der Waals surface area contributed by atoms with Crippen LogP contribution < -0.4 is 5.32 Å². The summed E-state index contributed by atoms with van der Waals surface area (Å²) in [5.41, 5.74) is 0.0745. The zero-order chi connectivity index (χ0) is 12.1. The molecule has 0 fully saturated rings. The van der Waals surface area contributed by atoms with Gasteiger partial charge in [-0.1, -0.05) is 25.4 Å². The van der Waals surface area contributed by atoms with Gasteiger partial charge in [0.15, 0.2) is 0 Å². The molecule has 88 valence electrons. The molecule has 0 unspecified atom stereocenters. The van der Waals surface area contributed by atoms with E-state index >= 15 is 0 Å². The predicted octanol–water partition coefficient (Wildman–Crippen LogP) is 2.65. The lowest BCUT2D eigenvalue weighted by Gasteiger charge is -2.07. The molecule has 0 aliphatic rings. The van der Waals surface area contributed by atoms with Crippen molar-refractivity contribution < 1.29 is 9.18 Å². The highest BCUT2D eigenvalue weighted by Gasteiger charge is 2.12. The van der Waals surface area contributed by atoms with Gasteiger partial charge in [0.1, 0.15) is 11.0 Å². The molecule has 5 heteroatoms. The molecule has 1 rings (SSSR count). The van der Waals surface area contributed by atoms with Crippen LogP contribution in [0.15, 0.2) is 12.3 Å². The Bertz CT molecular complexity index is 382. The molecular weight excluding hydrogens is 231 g/mol. The maximum Gasteiger partial charge on any atom is 0.254 e. The van der Waals surface area contributed by atoms with Gasteiger partial charge in [-0.15, -0.1) is 0 Å². The molecule has 1 aromatic rings. The monoisotopic (exact) mass is 244 g/mol. The van der Waals surface area contributed by atoms with E-state index in [4.69, 9.17) is 11.6 Å². The van der Waals surface area contributed by atoms with Crippen molar-refractivity contribution in [1.82, 2.24) is 10.3 Å². The van der Waals surface area contributed by atoms with Crippen LogP contribution in [0.1, 0.15) is 30.6 Å². The van der Waals surface area contributed by atoms with Gasteiger partial charge in [0, 0.05) is 6.54 Å². The van der Waals surface area contributed by atoms with Gasteiger partial charge in [-0.3, -0.25) is 4.79 Å². The fourth-order valence-corrected chi connectivity index (χ4v) is 1.34. The Morgan fingerprint density at radius 1 is 1.62 bits per heavy atom. The minimum atomic E-state index is -0.571. The van der Waals surface area contributed by atoms with Crippen molar-refractivity contribution in [1.29, 1.82) is 0 Å². The third-order valence-corrected chi connectivity index (χ3v) is 2.36. The molecule has 0 aliphatic carbocycles. The van der Waals surface area contributed by atoms with Gasteiger partial charge in [0.2, 0.25) is 0 Å². The number of nitrogens with zero attached hydrogens (tertiary/aromatic N) is 1. The number of carbonyl (C=O) groups is 1. The van der Waals surface area contributed by atoms with E-state index in [1.54, 1.807) is 0 Å². The summed E-state index contributed by atoms with van der Waals surface area (Å²) in [6, 6.07) is 1.08. The van der Waals surface area contributed by atoms with E-state index in [1.807, 2.05) is 0 Å². The molecule has 0 radical (unpaired) electrons. The van der Waals surface area contributed by atoms with Crippen LogP contribution in [-0.4, -0.2) is 17.4 Å². The largest absolute Gasteiger partial charge is 0.352 e. The Labute approximate surface area is 99.0 Å². The van der Waals surface area contributed by atoms with Crippen LogP contribution >= 0.6 is 11.6 Å². The zero-order valence-corrected chi connectivity index (χ0v) is 10.0. The molecule has 0 atom stereocenters. The molecular formula is C11H14ClFN2O. The van der Waals surface area contributed by atoms with Crippen LogP contribution in [0, 0.1) is 11.7 Å². The second-order valence-corrected chi connectivity index (χ2v) is 4.29. The van der Waals surface area contributed by atoms with E-state index in [-0.39, 0.29) is 10.7 Å². The lowest BCUT2D eigenvalue weighted by Crippen LogP contribution is -2.25. The van der Waals surface area contributed by atoms with E-state index in [0.29, 0.717) is 12.5 Å². The van der Waals surface area contributed by atoms with E-state index in [9.17, 15) is 9.18 Å². The van der Waals surface area contributed by atoms with Gasteiger partial charge in [-0.05, 0) is 18.4 Å². The Morgan fingerprint density at radius 3 is 2.94 bits per heavy atom. The van der Waals surface area contributed by atoms with Gasteiger partial charge < -0.3 is 5.32 Å². The molecule has 16 heavy (non-hydrogen) atoms. The van der Waals surface area contributed by atoms with Gasteiger partial charge in [0.25, 0.3) is 5.91 Å². The molecule has 0 spiro atoms. The highest BCUT2D eigenvalue weighted by molar-refractivity contribution is 6.32. The number of aromatic nitrogens is 1. The first-order valence-electron chi connectivity index (χ1n) is 5.10. The second kappa shape index (κ2) is 5.80. The smallest absolute Gasteiger partial charge is 0.254 e. The third-order valence-electron chi connectivity index (χ3n) is 2.06. The molecule has 0 aliphatic heterocycles. The summed E-state index contributed by atoms with van der Waals surface area (Å²) in [5, 5.41) is 2.69. The van der Waals surface area contributed by atoms with Crippen LogP contribution in [-0.2, 0) is 0 Å². The topological polar surface area (TPSA) is 42.0 Å². The van der Waals surface area contributed by atoms with Crippen LogP contribution in [0.2, 0.25) is 5.15 Å². The molecule has 0 saturated carbocycles. The zero-order valence-electron chi connectivity index (χ0n) is 9.26. The number of amides is 1. The molecule has 1 N–H and O–H groups in total. The quantitative estimate of drug-likeness (QED) is 0.828. The van der Waals surface area contributed by atoms with Gasteiger partial charge >= 0.3 is 0 Å². The summed E-state index contributed by atoms with van der Waals surface area (Å²) in [4.78, 5) is 15.2. The molecule has 0 bridgehead atoms. The number of rotatable bonds is 4. The average Bonchev–Trinajstić information content (AvgIpc) is 2.21. The number of pyridine rings is 1. The normalized spacial score (nSPS) is 10.6. The Morgan fingerprint density at radius 2 is 2.31 bits per heavy atom. The van der Waals surface area contributed by atoms with Crippen molar-refractivity contribution >= 4 is 17.5 Å². The Balaban J connectivity index is 2.62. The van der Waals surface area contributed by atoms with Gasteiger partial charge in [-0.2, -0.15) is 0 Å². The van der Waals surface area contributed by atoms with Crippen molar-refractivity contribution in [3.63, 3.8) is 0 Å². The summed E-state index contributed by atoms with van der Waals surface area (Å²) in [7, 11) is 0. The fourth-order valence-electron chi connectivity index (χ4n) is 1.15. The summed E-state index contributed by atoms with van der Waals surface area (Å²) in [6.45, 7) is 4.66. The second-order valence-electron chi connectivity index (χ2n) is 3.93. The number of hydrogen-bond acceptors (Lipinski definition) is 2. The van der Waals surface area contributed by atoms with Crippen molar-refractivity contribution in [2.24, 2.45) is 5.92 Å². The standard InChI is InChI=1S/C11H14ClFN2O/c1-7(2)3-4-14-11(16)9-5-8(13)6-15-10(9)12/h5-7H,3-4H2,1-2H3,(H,14,16). The maximum atomic E-state index is 12.9. The van der Waals surface area contributed by atoms with E-state index in [0.717, 1.165) is 18.7 Å². The lowest BCUT2D eigenvalue weighted by atomic mass is 10.1. The molecule has 1 aromatic heterocycles. The van der Waals surface area contributed by atoms with Crippen molar-refractivity contribution in [3.05, 3.63) is 28.8 Å². The first-order chi connectivity index (χ1) is 7.50. The highest BCUT2D eigenvalue weighted by Crippen LogP contribution is 2.13. The summed E-state index contributed by atoms with van der Waals surface area (Å²) >= 11 is 5.69. The van der Waals surface area contributed by atoms with Crippen molar-refractivity contribution in [2.45, 2.75) is 20.3 Å². The first kappa shape index (κ1) is 12.9. The van der Waals surface area contributed by atoms with Crippen LogP contribution in [0.4, 0.5) is 4.39 Å². The Hall–Kier alpha value is -1.16. The Kier molecular flexibility index (Phi) is 4.68. The van der Waals surface area contributed by atoms with Crippen LogP contribution in [0.3, 0.4) is 0 Å². The molecule has 1 amide bonds. The minimum absolute atomic E-state index is 0.0171. The minimum Gasteiger partial charge on any atom is -0.352 e. The third kappa shape index (κ3) is 3.77. The van der Waals surface area contributed by atoms with E-state index in [2.05, 4.69) is 24.1 Å². The van der Waals surface area contributed by atoms with Crippen molar-refractivity contribution in [3.8, 4) is 0 Å². The lowest BCUT2D eigenvalue weighted by molar-refractivity contribution is 0.0951. The van der Waals surface area contributed by atoms with Crippen LogP contribution in [0.5, 0.6) is 0 Å². The van der Waals surface area contributed by atoms with E-state index in [1.165, 1.54) is 0 Å². The average molecular weight is 245 g/mol. The predicted molar refractivity (Wildman–Crippen MR) is 61.0 cm³/mol. The SMILES string of the molecule is CC(C)CCNC(=O)c1cc(F)cnc1Cl. The van der Waals surface area contributed by atoms with E-state index < -0.39 is 11.7 Å². The highest BCUT2D eigenvalue weighted by atomic mass is 35.5. The van der Waals surface area contributed by atoms with Gasteiger partial charge in [-0.25, -0.2) is 9.37 Å². The molecule has 3 nitrogen and oxygen atoms in total. The maximum absolute atomic E-state index is 12.9. The number of hydrogen-bond donors (Lipinski definition) is 1. The van der Waals surface area contributed by atoms with Gasteiger partial charge in [0.05, 0.1) is 11.8 Å². The first-order valence-corrected chi connectivity index (χ1v) is 5.47.